The number of hydrogen-bond donors (Lipinski definition) is 4. The molecule has 0 aliphatic rings. The molecule has 0 spiro atoms. The van der Waals surface area contributed by atoms with Crippen molar-refractivity contribution in [3.05, 3.63) is 0 Å². The second kappa shape index (κ2) is 9.30. The molecule has 3 amide bonds. The van der Waals surface area contributed by atoms with Crippen LogP contribution in [0.15, 0.2) is 0 Å². The molecule has 7 nitrogen and oxygen atoms in total. The number of carbonyl (C=O) groups is 3. The monoisotopic (exact) mass is 286 g/mol. The van der Waals surface area contributed by atoms with Crippen molar-refractivity contribution in [1.29, 1.82) is 0 Å². The number of carbonyl (C=O) groups excluding carboxylic acids is 3. The molecule has 0 saturated carbocycles. The maximum absolute atomic E-state index is 12.1. The van der Waals surface area contributed by atoms with Crippen LogP contribution in [0.1, 0.15) is 34.1 Å². The predicted molar refractivity (Wildman–Crippen MR) is 76.7 cm³/mol. The van der Waals surface area contributed by atoms with Crippen molar-refractivity contribution in [1.82, 2.24) is 16.0 Å². The van der Waals surface area contributed by atoms with Crippen molar-refractivity contribution in [3.8, 4) is 0 Å². The van der Waals surface area contributed by atoms with Crippen LogP contribution in [0.3, 0.4) is 0 Å². The number of amides is 3. The minimum Gasteiger partial charge on any atom is -0.353 e. The van der Waals surface area contributed by atoms with Gasteiger partial charge in [-0.2, -0.15) is 0 Å². The smallest absolute Gasteiger partial charge is 0.243 e. The molecular weight excluding hydrogens is 260 g/mol. The lowest BCUT2D eigenvalue weighted by Gasteiger charge is -2.23. The van der Waals surface area contributed by atoms with Gasteiger partial charge in [0.15, 0.2) is 0 Å². The molecule has 0 rings (SSSR count). The van der Waals surface area contributed by atoms with Gasteiger partial charge in [0.2, 0.25) is 17.7 Å². The Morgan fingerprint density at radius 2 is 1.65 bits per heavy atom. The van der Waals surface area contributed by atoms with E-state index in [1.165, 1.54) is 0 Å². The van der Waals surface area contributed by atoms with Gasteiger partial charge < -0.3 is 21.7 Å². The summed E-state index contributed by atoms with van der Waals surface area (Å²) in [5, 5.41) is 7.84. The summed E-state index contributed by atoms with van der Waals surface area (Å²) in [6.45, 7) is 7.67. The van der Waals surface area contributed by atoms with Crippen LogP contribution in [0.25, 0.3) is 0 Å². The van der Waals surface area contributed by atoms with E-state index in [0.29, 0.717) is 19.5 Å². The molecule has 0 aromatic heterocycles. The first kappa shape index (κ1) is 18.4. The fourth-order valence-electron chi connectivity index (χ4n) is 1.53. The standard InChI is InChI=1S/C13H26N4O3/c1-5-10(18)17-11(8(2)3)13(20)16-9(4)12(19)15-7-6-14/h8-9,11H,5-7,14H2,1-4H3,(H,15,19)(H,16,20)(H,17,18)/t9-,11?/m0/s1. The molecule has 0 saturated heterocycles. The molecule has 0 radical (unpaired) electrons. The van der Waals surface area contributed by atoms with Gasteiger partial charge in [0.05, 0.1) is 0 Å². The van der Waals surface area contributed by atoms with Crippen LogP contribution in [0.4, 0.5) is 0 Å². The Morgan fingerprint density at radius 3 is 2.10 bits per heavy atom. The summed E-state index contributed by atoms with van der Waals surface area (Å²) in [4.78, 5) is 35.1. The van der Waals surface area contributed by atoms with E-state index in [1.54, 1.807) is 13.8 Å². The van der Waals surface area contributed by atoms with Crippen molar-refractivity contribution < 1.29 is 14.4 Å². The lowest BCUT2D eigenvalue weighted by Crippen LogP contribution is -2.54. The van der Waals surface area contributed by atoms with E-state index in [0.717, 1.165) is 0 Å². The minimum absolute atomic E-state index is 0.0650. The van der Waals surface area contributed by atoms with Crippen LogP contribution in [-0.4, -0.2) is 42.9 Å². The highest BCUT2D eigenvalue weighted by Crippen LogP contribution is 2.03. The maximum Gasteiger partial charge on any atom is 0.243 e. The van der Waals surface area contributed by atoms with Crippen LogP contribution in [0, 0.1) is 5.92 Å². The molecule has 0 fully saturated rings. The molecular formula is C13H26N4O3. The van der Waals surface area contributed by atoms with Gasteiger partial charge in [-0.1, -0.05) is 20.8 Å². The molecule has 0 aromatic rings. The molecule has 0 aliphatic heterocycles. The summed E-state index contributed by atoms with van der Waals surface area (Å²) < 4.78 is 0. The highest BCUT2D eigenvalue weighted by atomic mass is 16.2. The predicted octanol–water partition coefficient (Wildman–Crippen LogP) is -0.883. The molecule has 7 heteroatoms. The van der Waals surface area contributed by atoms with Crippen LogP contribution in [0.5, 0.6) is 0 Å². The van der Waals surface area contributed by atoms with Gasteiger partial charge >= 0.3 is 0 Å². The average Bonchev–Trinajstić information content (AvgIpc) is 2.40. The Balaban J connectivity index is 4.52. The van der Waals surface area contributed by atoms with Gasteiger partial charge in [-0.25, -0.2) is 0 Å². The SMILES string of the molecule is CCC(=O)NC(C(=O)N[C@@H](C)C(=O)NCCN)C(C)C. The molecule has 5 N–H and O–H groups in total. The molecule has 20 heavy (non-hydrogen) atoms. The quantitative estimate of drug-likeness (QED) is 0.464. The van der Waals surface area contributed by atoms with Crippen LogP contribution < -0.4 is 21.7 Å². The number of rotatable bonds is 8. The van der Waals surface area contributed by atoms with Gasteiger partial charge in [-0.15, -0.1) is 0 Å². The van der Waals surface area contributed by atoms with Crippen molar-refractivity contribution in [2.24, 2.45) is 11.7 Å². The zero-order valence-corrected chi connectivity index (χ0v) is 12.7. The minimum atomic E-state index is -0.672. The number of nitrogens with one attached hydrogen (secondary N) is 3. The third-order valence-electron chi connectivity index (χ3n) is 2.78. The zero-order valence-electron chi connectivity index (χ0n) is 12.7. The molecule has 1 unspecified atom stereocenters. The van der Waals surface area contributed by atoms with Crippen molar-refractivity contribution >= 4 is 17.7 Å². The Labute approximate surface area is 120 Å². The summed E-state index contributed by atoms with van der Waals surface area (Å²) in [6, 6.07) is -1.32. The zero-order chi connectivity index (χ0) is 15.7. The van der Waals surface area contributed by atoms with E-state index >= 15 is 0 Å². The molecule has 0 bridgehead atoms. The lowest BCUT2D eigenvalue weighted by molar-refractivity contribution is -0.132. The largest absolute Gasteiger partial charge is 0.353 e. The Kier molecular flexibility index (Phi) is 8.54. The molecule has 0 heterocycles. The first-order valence-corrected chi connectivity index (χ1v) is 6.90. The molecule has 2 atom stereocenters. The highest BCUT2D eigenvalue weighted by molar-refractivity contribution is 5.91. The summed E-state index contributed by atoms with van der Waals surface area (Å²) in [5.41, 5.74) is 5.29. The molecule has 0 aliphatic carbocycles. The first-order chi connectivity index (χ1) is 9.33. The molecule has 116 valence electrons. The van der Waals surface area contributed by atoms with Gasteiger partial charge in [-0.05, 0) is 12.8 Å². The first-order valence-electron chi connectivity index (χ1n) is 6.90. The van der Waals surface area contributed by atoms with E-state index in [-0.39, 0.29) is 23.6 Å². The normalized spacial score (nSPS) is 13.5. The van der Waals surface area contributed by atoms with Crippen LogP contribution >= 0.6 is 0 Å². The summed E-state index contributed by atoms with van der Waals surface area (Å²) in [6.07, 6.45) is 0.309. The van der Waals surface area contributed by atoms with E-state index in [4.69, 9.17) is 5.73 Å². The van der Waals surface area contributed by atoms with E-state index in [2.05, 4.69) is 16.0 Å². The van der Waals surface area contributed by atoms with Crippen molar-refractivity contribution in [2.45, 2.75) is 46.2 Å². The average molecular weight is 286 g/mol. The van der Waals surface area contributed by atoms with Crippen molar-refractivity contribution in [3.63, 3.8) is 0 Å². The Morgan fingerprint density at radius 1 is 1.05 bits per heavy atom. The topological polar surface area (TPSA) is 113 Å². The van der Waals surface area contributed by atoms with Gasteiger partial charge in [-0.3, -0.25) is 14.4 Å². The van der Waals surface area contributed by atoms with Gasteiger partial charge in [0.1, 0.15) is 12.1 Å². The third kappa shape index (κ3) is 6.51. The van der Waals surface area contributed by atoms with E-state index < -0.39 is 12.1 Å². The van der Waals surface area contributed by atoms with Crippen LogP contribution in [0.2, 0.25) is 0 Å². The van der Waals surface area contributed by atoms with Crippen molar-refractivity contribution in [2.75, 3.05) is 13.1 Å². The summed E-state index contributed by atoms with van der Waals surface area (Å²) in [5.74, 6) is -0.922. The fourth-order valence-corrected chi connectivity index (χ4v) is 1.53. The number of hydrogen-bond acceptors (Lipinski definition) is 4. The van der Waals surface area contributed by atoms with Gasteiger partial charge in [0, 0.05) is 19.5 Å². The van der Waals surface area contributed by atoms with E-state index in [1.807, 2.05) is 13.8 Å². The van der Waals surface area contributed by atoms with Gasteiger partial charge in [0.25, 0.3) is 0 Å². The van der Waals surface area contributed by atoms with E-state index in [9.17, 15) is 14.4 Å². The summed E-state index contributed by atoms with van der Waals surface area (Å²) in [7, 11) is 0. The third-order valence-corrected chi connectivity index (χ3v) is 2.78. The summed E-state index contributed by atoms with van der Waals surface area (Å²) >= 11 is 0. The Bertz CT molecular complexity index is 345. The fraction of sp³-hybridized carbons (Fsp3) is 0.769. The second-order valence-corrected chi connectivity index (χ2v) is 4.95. The number of nitrogens with two attached hydrogens (primary N) is 1. The second-order valence-electron chi connectivity index (χ2n) is 4.95. The molecule has 0 aromatic carbocycles. The van der Waals surface area contributed by atoms with Crippen LogP contribution in [-0.2, 0) is 14.4 Å². The lowest BCUT2D eigenvalue weighted by atomic mass is 10.0. The maximum atomic E-state index is 12.1. The highest BCUT2D eigenvalue weighted by Gasteiger charge is 2.26. The Hall–Kier alpha value is -1.63.